The van der Waals surface area contributed by atoms with E-state index < -0.39 is 12.1 Å². The monoisotopic (exact) mass is 685 g/mol. The number of carbonyl (C=O) groups excluding carboxylic acids is 1. The van der Waals surface area contributed by atoms with Crippen molar-refractivity contribution in [2.75, 3.05) is 13.1 Å². The third-order valence-electron chi connectivity index (χ3n) is 5.38. The van der Waals surface area contributed by atoms with Crippen molar-refractivity contribution in [1.82, 2.24) is 29.7 Å². The molecule has 0 aliphatic rings. The van der Waals surface area contributed by atoms with Gasteiger partial charge < -0.3 is 15.0 Å². The zero-order valence-corrected chi connectivity index (χ0v) is 31.6. The van der Waals surface area contributed by atoms with Gasteiger partial charge in [0, 0.05) is 70.0 Å². The number of hydrogen-bond donors (Lipinski definition) is 1. The average molecular weight is 688 g/mol. The summed E-state index contributed by atoms with van der Waals surface area (Å²) in [4.78, 5) is 31.1. The number of aliphatic hydroxyl groups is 1. The second kappa shape index (κ2) is 24.6. The van der Waals surface area contributed by atoms with Crippen LogP contribution in [0.1, 0.15) is 50.0 Å². The number of rotatable bonds is 12. The van der Waals surface area contributed by atoms with Crippen molar-refractivity contribution in [3.8, 4) is 0 Å². The Morgan fingerprint density at radius 3 is 1.07 bits per heavy atom. The largest absolute Gasteiger partial charge is 2.00 e. The molecule has 0 amide bonds. The molecule has 0 aromatic carbocycles. The molecule has 0 saturated heterocycles. The first-order chi connectivity index (χ1) is 19.9. The molecule has 0 radical (unpaired) electrons. The molecule has 1 N–H and O–H groups in total. The van der Waals surface area contributed by atoms with Gasteiger partial charge in [-0.1, -0.05) is 44.5 Å². The van der Waals surface area contributed by atoms with E-state index in [1.165, 1.54) is 6.42 Å². The van der Waals surface area contributed by atoms with Crippen LogP contribution in [0.5, 0.6) is 0 Å². The summed E-state index contributed by atoms with van der Waals surface area (Å²) >= 11 is 0. The Morgan fingerprint density at radius 2 is 0.884 bits per heavy atom. The molecule has 0 saturated carbocycles. The molecular weight excluding hydrogens is 647 g/mol. The second-order valence-corrected chi connectivity index (χ2v) is 9.48. The fourth-order valence-corrected chi connectivity index (χ4v) is 3.91. The Balaban J connectivity index is 0.00000178. The van der Waals surface area contributed by atoms with Gasteiger partial charge in [0.15, 0.2) is 0 Å². The Morgan fingerprint density at radius 1 is 0.651 bits per heavy atom. The molecule has 0 aliphatic carbocycles. The van der Waals surface area contributed by atoms with Gasteiger partial charge in [0.25, 0.3) is 0 Å². The number of pyridine rings is 4. The van der Waals surface area contributed by atoms with Gasteiger partial charge in [-0.3, -0.25) is 29.7 Å². The molecule has 4 rings (SSSR count). The topological polar surface area (TPSA) is 118 Å². The summed E-state index contributed by atoms with van der Waals surface area (Å²) in [5, 5.41) is 20.0. The molecular formula is C32H41N6O3Zn2+3. The molecule has 11 heteroatoms. The molecule has 4 aromatic heterocycles. The van der Waals surface area contributed by atoms with E-state index in [9.17, 15) is 5.11 Å². The van der Waals surface area contributed by atoms with Crippen LogP contribution in [0, 0.1) is 0 Å². The first kappa shape index (κ1) is 40.2. The van der Waals surface area contributed by atoms with Gasteiger partial charge in [0.1, 0.15) is 0 Å². The van der Waals surface area contributed by atoms with Gasteiger partial charge in [0.2, 0.25) is 0 Å². The third kappa shape index (κ3) is 19.2. The van der Waals surface area contributed by atoms with E-state index >= 15 is 0 Å². The van der Waals surface area contributed by atoms with Crippen molar-refractivity contribution < 1.29 is 54.0 Å². The van der Waals surface area contributed by atoms with E-state index in [0.29, 0.717) is 39.3 Å². The molecule has 0 atom stereocenters. The molecule has 4 aromatic rings. The molecule has 0 bridgehead atoms. The number of carboxylic acid groups (broad SMARTS) is 1. The van der Waals surface area contributed by atoms with Gasteiger partial charge in [-0.15, -0.1) is 0 Å². The van der Waals surface area contributed by atoms with Crippen LogP contribution < -0.4 is 5.11 Å². The fourth-order valence-electron chi connectivity index (χ4n) is 3.91. The van der Waals surface area contributed by atoms with E-state index in [2.05, 4.69) is 43.6 Å². The number of hydrogen-bond acceptors (Lipinski definition) is 9. The molecule has 218 valence electrons. The minimum absolute atomic E-state index is 0. The Bertz CT molecular complexity index is 1040. The number of carbonyl (C=O) groups is 1. The Labute approximate surface area is 281 Å². The summed E-state index contributed by atoms with van der Waals surface area (Å²) < 4.78 is 0. The van der Waals surface area contributed by atoms with Crippen molar-refractivity contribution in [3.05, 3.63) is 120 Å². The fraction of sp³-hybridized carbons (Fsp3) is 0.344. The molecule has 0 unspecified atom stereocenters. The Hall–Kier alpha value is -2.80. The summed E-state index contributed by atoms with van der Waals surface area (Å²) in [5.41, 5.74) is 3.85. The molecule has 43 heavy (non-hydrogen) atoms. The number of carboxylic acids is 1. The molecule has 0 fully saturated rings. The van der Waals surface area contributed by atoms with Crippen molar-refractivity contribution in [3.63, 3.8) is 0 Å². The maximum Gasteiger partial charge on any atom is 2.00 e. The van der Waals surface area contributed by atoms with Crippen molar-refractivity contribution in [1.29, 1.82) is 0 Å². The van der Waals surface area contributed by atoms with Gasteiger partial charge in [-0.2, -0.15) is 0 Å². The quantitative estimate of drug-likeness (QED) is 0.223. The minimum atomic E-state index is -1.08. The SMILES string of the molecule is CC(=O)[O-].CCC.OC(CN(Cc1ccccn1)Cc1ccccn1)CN(Cc1ccccn1)Cc1ccccn1.[Zn+2].[Zn+2]. The van der Waals surface area contributed by atoms with Crippen molar-refractivity contribution >= 4 is 5.97 Å². The number of nitrogens with zero attached hydrogens (tertiary/aromatic N) is 6. The third-order valence-corrected chi connectivity index (χ3v) is 5.38. The maximum atomic E-state index is 11.1. The van der Waals surface area contributed by atoms with E-state index in [4.69, 9.17) is 9.90 Å². The first-order valence-corrected chi connectivity index (χ1v) is 13.8. The van der Waals surface area contributed by atoms with E-state index in [1.54, 1.807) is 24.8 Å². The summed E-state index contributed by atoms with van der Waals surface area (Å²) in [6.07, 6.45) is 7.87. The predicted molar refractivity (Wildman–Crippen MR) is 158 cm³/mol. The number of aromatic nitrogens is 4. The Kier molecular flexibility index (Phi) is 23.0. The van der Waals surface area contributed by atoms with Gasteiger partial charge in [0.05, 0.1) is 28.9 Å². The normalized spacial score (nSPS) is 10.0. The zero-order chi connectivity index (χ0) is 29.7. The zero-order valence-electron chi connectivity index (χ0n) is 25.6. The summed E-state index contributed by atoms with van der Waals surface area (Å²) in [6, 6.07) is 23.6. The summed E-state index contributed by atoms with van der Waals surface area (Å²) in [5.74, 6) is -1.08. The van der Waals surface area contributed by atoms with E-state index in [0.717, 1.165) is 29.7 Å². The predicted octanol–water partition coefficient (Wildman–Crippen LogP) is 3.50. The van der Waals surface area contributed by atoms with Gasteiger partial charge in [-0.25, -0.2) is 0 Å². The summed E-state index contributed by atoms with van der Waals surface area (Å²) in [7, 11) is 0. The number of aliphatic hydroxyl groups excluding tert-OH is 1. The first-order valence-electron chi connectivity index (χ1n) is 13.8. The van der Waals surface area contributed by atoms with Gasteiger partial charge >= 0.3 is 39.0 Å². The van der Waals surface area contributed by atoms with Crippen molar-refractivity contribution in [2.45, 2.75) is 59.5 Å². The van der Waals surface area contributed by atoms with Crippen LogP contribution >= 0.6 is 0 Å². The van der Waals surface area contributed by atoms with Gasteiger partial charge in [-0.05, 0) is 55.5 Å². The summed E-state index contributed by atoms with van der Waals surface area (Å²) in [6.45, 7) is 8.75. The average Bonchev–Trinajstić information content (AvgIpc) is 2.95. The second-order valence-electron chi connectivity index (χ2n) is 9.48. The van der Waals surface area contributed by atoms with E-state index in [-0.39, 0.29) is 39.0 Å². The van der Waals surface area contributed by atoms with Crippen LogP contribution in [0.3, 0.4) is 0 Å². The standard InChI is InChI=1S/C27H30N6O.C3H8.C2H4O2.2Zn/c34-27(21-32(17-23-9-1-5-13-28-23)18-24-10-2-6-14-29-24)22-33(19-25-11-3-7-15-30-25)20-26-12-4-8-16-31-26;1-3-2;1-2(3)4;;/h1-16,27,34H,17-22H2;3H2,1-2H3;1H3,(H,3,4);;/q;;;2*+2/p-1. The molecule has 0 aliphatic heterocycles. The van der Waals surface area contributed by atoms with Crippen LogP contribution in [-0.4, -0.2) is 60.0 Å². The van der Waals surface area contributed by atoms with Crippen LogP contribution in [0.2, 0.25) is 0 Å². The minimum Gasteiger partial charge on any atom is -0.550 e. The number of aliphatic carboxylic acids is 1. The maximum absolute atomic E-state index is 11.1. The van der Waals surface area contributed by atoms with Crippen LogP contribution in [-0.2, 0) is 69.9 Å². The van der Waals surface area contributed by atoms with E-state index in [1.807, 2.05) is 72.8 Å². The molecule has 4 heterocycles. The van der Waals surface area contributed by atoms with Crippen LogP contribution in [0.15, 0.2) is 97.6 Å². The molecule has 9 nitrogen and oxygen atoms in total. The smallest absolute Gasteiger partial charge is 0.550 e. The van der Waals surface area contributed by atoms with Crippen LogP contribution in [0.4, 0.5) is 0 Å². The van der Waals surface area contributed by atoms with Crippen LogP contribution in [0.25, 0.3) is 0 Å². The molecule has 0 spiro atoms. The van der Waals surface area contributed by atoms with Crippen molar-refractivity contribution in [2.24, 2.45) is 0 Å².